The predicted molar refractivity (Wildman–Crippen MR) is 113 cm³/mol. The van der Waals surface area contributed by atoms with Gasteiger partial charge in [0.25, 0.3) is 18.2 Å². The van der Waals surface area contributed by atoms with E-state index < -0.39 is 34.7 Å². The third kappa shape index (κ3) is 3.89. The number of aromatic amines is 1. The number of primary amides is 1. The molecule has 4 rings (SSSR count). The molecule has 0 unspecified atom stereocenters. The highest BCUT2D eigenvalue weighted by Gasteiger charge is 2.27. The van der Waals surface area contributed by atoms with Crippen LogP contribution in [0.25, 0.3) is 21.3 Å². The number of hydrogen-bond donors (Lipinski definition) is 3. The number of hydrogen-bond acceptors (Lipinski definition) is 8. The number of halogens is 2. The van der Waals surface area contributed by atoms with Gasteiger partial charge in [0.15, 0.2) is 5.69 Å². The quantitative estimate of drug-likeness (QED) is 0.283. The van der Waals surface area contributed by atoms with Gasteiger partial charge in [-0.15, -0.1) is 16.4 Å². The van der Waals surface area contributed by atoms with E-state index in [0.29, 0.717) is 11.3 Å². The Morgan fingerprint density at radius 2 is 2.06 bits per heavy atom. The number of aryl methyl sites for hydroxylation is 2. The summed E-state index contributed by atoms with van der Waals surface area (Å²) in [6.45, 7) is 1.67. The van der Waals surface area contributed by atoms with Crippen LogP contribution in [0.5, 0.6) is 0 Å². The van der Waals surface area contributed by atoms with Crippen molar-refractivity contribution in [2.45, 2.75) is 13.3 Å². The van der Waals surface area contributed by atoms with E-state index in [9.17, 15) is 28.5 Å². The van der Waals surface area contributed by atoms with E-state index >= 15 is 0 Å². The summed E-state index contributed by atoms with van der Waals surface area (Å²) >= 11 is 0.735. The van der Waals surface area contributed by atoms with Crippen LogP contribution >= 0.6 is 11.3 Å². The topological polar surface area (TPSA) is 175 Å². The van der Waals surface area contributed by atoms with Gasteiger partial charge in [0.2, 0.25) is 0 Å². The number of thiophene rings is 1. The number of nitrogens with one attached hydrogen (secondary N) is 2. The van der Waals surface area contributed by atoms with Crippen molar-refractivity contribution in [2.24, 2.45) is 12.8 Å². The van der Waals surface area contributed by atoms with Crippen LogP contribution in [0.2, 0.25) is 0 Å². The number of alkyl halides is 2. The fourth-order valence-corrected chi connectivity index (χ4v) is 4.31. The molecule has 12 nitrogen and oxygen atoms in total. The number of nitrogens with zero attached hydrogens (tertiary/aromatic N) is 5. The van der Waals surface area contributed by atoms with Crippen LogP contribution in [0.15, 0.2) is 18.3 Å². The lowest BCUT2D eigenvalue weighted by molar-refractivity contribution is -0.389. The minimum atomic E-state index is -2.90. The standard InChI is InChI=1S/C18H14F2N8O4S/c1-6-8(5-27(2)26-6)7-3-9(15(19)20)22-18-12(7)13(14(33-18)16(21)29)23-17(30)10-4-11(25-24-10)28(31)32/h3-5,15H,1-2H3,(H2,21,29)(H,23,30)(H,24,25). The van der Waals surface area contributed by atoms with Crippen molar-refractivity contribution >= 4 is 44.9 Å². The molecule has 4 aromatic rings. The molecule has 4 heterocycles. The molecule has 4 N–H and O–H groups in total. The van der Waals surface area contributed by atoms with Gasteiger partial charge in [-0.25, -0.2) is 13.8 Å². The van der Waals surface area contributed by atoms with Crippen molar-refractivity contribution in [3.8, 4) is 11.1 Å². The largest absolute Gasteiger partial charge is 0.365 e. The van der Waals surface area contributed by atoms with Crippen molar-refractivity contribution < 1.29 is 23.3 Å². The smallest absolute Gasteiger partial charge is 0.343 e. The van der Waals surface area contributed by atoms with Gasteiger partial charge in [0.05, 0.1) is 17.4 Å². The molecule has 170 valence electrons. The molecule has 0 saturated heterocycles. The first-order valence-electron chi connectivity index (χ1n) is 9.14. The van der Waals surface area contributed by atoms with Gasteiger partial charge < -0.3 is 21.2 Å². The Balaban J connectivity index is 1.95. The van der Waals surface area contributed by atoms with Crippen LogP contribution in [0.4, 0.5) is 20.3 Å². The lowest BCUT2D eigenvalue weighted by Crippen LogP contribution is -2.17. The molecule has 0 fully saturated rings. The molecule has 0 bridgehead atoms. The van der Waals surface area contributed by atoms with E-state index in [-0.39, 0.29) is 32.0 Å². The lowest BCUT2D eigenvalue weighted by atomic mass is 10.0. The van der Waals surface area contributed by atoms with E-state index in [1.54, 1.807) is 20.2 Å². The van der Waals surface area contributed by atoms with Gasteiger partial charge in [0, 0.05) is 24.2 Å². The van der Waals surface area contributed by atoms with Crippen LogP contribution in [-0.4, -0.2) is 41.7 Å². The summed E-state index contributed by atoms with van der Waals surface area (Å²) in [6.07, 6.45) is -1.30. The molecule has 0 atom stereocenters. The molecule has 15 heteroatoms. The van der Waals surface area contributed by atoms with E-state index in [1.807, 2.05) is 0 Å². The van der Waals surface area contributed by atoms with Crippen LogP contribution in [0, 0.1) is 17.0 Å². The molecular weight excluding hydrogens is 462 g/mol. The fourth-order valence-electron chi connectivity index (χ4n) is 3.30. The van der Waals surface area contributed by atoms with E-state index in [4.69, 9.17) is 5.73 Å². The first-order chi connectivity index (χ1) is 15.6. The average Bonchev–Trinajstić information content (AvgIpc) is 3.44. The zero-order valence-corrected chi connectivity index (χ0v) is 17.7. The maximum absolute atomic E-state index is 13.6. The summed E-state index contributed by atoms with van der Waals surface area (Å²) in [5, 5.41) is 23.5. The van der Waals surface area contributed by atoms with Crippen molar-refractivity contribution in [1.29, 1.82) is 0 Å². The van der Waals surface area contributed by atoms with Crippen molar-refractivity contribution in [2.75, 3.05) is 5.32 Å². The Kier molecular flexibility index (Phi) is 5.33. The van der Waals surface area contributed by atoms with Crippen LogP contribution in [0.3, 0.4) is 0 Å². The molecule has 0 aliphatic rings. The third-order valence-electron chi connectivity index (χ3n) is 4.67. The number of carbonyl (C=O) groups excluding carboxylic acids is 2. The van der Waals surface area contributed by atoms with E-state index in [2.05, 4.69) is 25.6 Å². The molecule has 0 aliphatic heterocycles. The number of carbonyl (C=O) groups is 2. The van der Waals surface area contributed by atoms with Gasteiger partial charge in [-0.1, -0.05) is 5.10 Å². The Morgan fingerprint density at radius 1 is 1.33 bits per heavy atom. The Labute approximate surface area is 186 Å². The zero-order valence-electron chi connectivity index (χ0n) is 16.9. The van der Waals surface area contributed by atoms with Gasteiger partial charge in [-0.05, 0) is 23.5 Å². The normalized spacial score (nSPS) is 11.3. The molecule has 0 radical (unpaired) electrons. The summed E-state index contributed by atoms with van der Waals surface area (Å²) in [4.78, 5) is 38.8. The summed E-state index contributed by atoms with van der Waals surface area (Å²) in [6, 6.07) is 2.07. The number of fused-ring (bicyclic) bond motifs is 1. The molecule has 0 aliphatic carbocycles. The first-order valence-corrected chi connectivity index (χ1v) is 9.95. The van der Waals surface area contributed by atoms with Gasteiger partial charge in [0.1, 0.15) is 15.4 Å². The highest BCUT2D eigenvalue weighted by molar-refractivity contribution is 7.21. The lowest BCUT2D eigenvalue weighted by Gasteiger charge is -2.09. The fraction of sp³-hybridized carbons (Fsp3) is 0.167. The monoisotopic (exact) mass is 476 g/mol. The highest BCUT2D eigenvalue weighted by atomic mass is 32.1. The van der Waals surface area contributed by atoms with E-state index in [1.165, 1.54) is 4.68 Å². The minimum absolute atomic E-state index is 0.0446. The maximum atomic E-state index is 13.6. The number of H-pyrrole nitrogens is 1. The minimum Gasteiger partial charge on any atom is -0.365 e. The number of pyridine rings is 1. The first kappa shape index (κ1) is 21.9. The van der Waals surface area contributed by atoms with Crippen LogP contribution in [-0.2, 0) is 7.05 Å². The second-order valence-corrected chi connectivity index (χ2v) is 7.90. The highest BCUT2D eigenvalue weighted by Crippen LogP contribution is 2.43. The number of nitro groups is 1. The SMILES string of the molecule is Cc1nn(C)cc1-c1cc(C(F)F)nc2sc(C(N)=O)c(NC(=O)c3cc([N+](=O)[O-])[nH]n3)c12. The van der Waals surface area contributed by atoms with Gasteiger partial charge in [-0.2, -0.15) is 5.10 Å². The van der Waals surface area contributed by atoms with Gasteiger partial charge >= 0.3 is 5.82 Å². The Bertz CT molecular complexity index is 1440. The Morgan fingerprint density at radius 3 is 2.61 bits per heavy atom. The number of nitrogens with two attached hydrogens (primary N) is 1. The number of rotatable bonds is 6. The van der Waals surface area contributed by atoms with Crippen LogP contribution < -0.4 is 11.1 Å². The number of amides is 2. The summed E-state index contributed by atoms with van der Waals surface area (Å²) in [5.74, 6) is -2.32. The van der Waals surface area contributed by atoms with Crippen molar-refractivity contribution in [1.82, 2.24) is 25.0 Å². The Hall–Kier alpha value is -4.27. The molecule has 4 aromatic heterocycles. The summed E-state index contributed by atoms with van der Waals surface area (Å²) < 4.78 is 28.6. The predicted octanol–water partition coefficient (Wildman–Crippen LogP) is 2.93. The third-order valence-corrected chi connectivity index (χ3v) is 5.76. The molecule has 33 heavy (non-hydrogen) atoms. The van der Waals surface area contributed by atoms with Crippen LogP contribution in [0.1, 0.15) is 38.0 Å². The van der Waals surface area contributed by atoms with E-state index in [0.717, 1.165) is 23.5 Å². The molecule has 2 amide bonds. The summed E-state index contributed by atoms with van der Waals surface area (Å²) in [5.41, 5.74) is 5.80. The molecular formula is C18H14F2N8O4S. The molecule has 0 spiro atoms. The maximum Gasteiger partial charge on any atom is 0.343 e. The number of anilines is 1. The molecule has 0 saturated carbocycles. The second kappa shape index (κ2) is 8.01. The van der Waals surface area contributed by atoms with Gasteiger partial charge in [-0.3, -0.25) is 14.3 Å². The summed E-state index contributed by atoms with van der Waals surface area (Å²) in [7, 11) is 1.65. The second-order valence-electron chi connectivity index (χ2n) is 6.90. The van der Waals surface area contributed by atoms with Crippen molar-refractivity contribution in [3.05, 3.63) is 50.4 Å². The molecule has 0 aromatic carbocycles. The average molecular weight is 476 g/mol. The number of aromatic nitrogens is 5. The van der Waals surface area contributed by atoms with Crippen molar-refractivity contribution in [3.63, 3.8) is 0 Å². The zero-order chi connectivity index (χ0) is 24.0.